The molecular weight excluding hydrogens is 228 g/mol. The Labute approximate surface area is 100 Å². The maximum Gasteiger partial charge on any atom is 0.470 e. The molecule has 1 aliphatic heterocycles. The number of fused-ring (bicyclic) bond motifs is 1. The van der Waals surface area contributed by atoms with Crippen LogP contribution in [0.15, 0.2) is 24.3 Å². The van der Waals surface area contributed by atoms with Crippen LogP contribution in [0.5, 0.6) is 0 Å². The Morgan fingerprint density at radius 2 is 1.73 bits per heavy atom. The van der Waals surface area contributed by atoms with Crippen LogP contribution in [0.2, 0.25) is 0 Å². The van der Waals surface area contributed by atoms with E-state index in [-0.39, 0.29) is 5.54 Å². The maximum absolute atomic E-state index is 6.47. The van der Waals surface area contributed by atoms with E-state index in [9.17, 15) is 0 Å². The highest BCUT2D eigenvalue weighted by Gasteiger charge is 2.45. The summed E-state index contributed by atoms with van der Waals surface area (Å²) in [5.74, 6) is 0. The molecular formula is C11H14BCl2N. The van der Waals surface area contributed by atoms with E-state index in [2.05, 4.69) is 27.0 Å². The zero-order valence-corrected chi connectivity index (χ0v) is 10.7. The Morgan fingerprint density at radius 1 is 1.13 bits per heavy atom. The fourth-order valence-corrected chi connectivity index (χ4v) is 3.11. The van der Waals surface area contributed by atoms with Crippen LogP contribution in [0.1, 0.15) is 26.3 Å². The van der Waals surface area contributed by atoms with E-state index in [0.717, 1.165) is 11.0 Å². The molecule has 80 valence electrons. The van der Waals surface area contributed by atoms with Gasteiger partial charge in [-0.15, -0.1) is 0 Å². The molecule has 0 aromatic heterocycles. The van der Waals surface area contributed by atoms with Crippen molar-refractivity contribution < 1.29 is 4.49 Å². The van der Waals surface area contributed by atoms with Crippen LogP contribution in [0, 0.1) is 0 Å². The lowest BCUT2D eigenvalue weighted by molar-refractivity contribution is -0.466. The molecule has 0 saturated heterocycles. The monoisotopic (exact) mass is 241 g/mol. The number of hydrogen-bond donors (Lipinski definition) is 0. The van der Waals surface area contributed by atoms with Gasteiger partial charge in [-0.05, 0) is 20.8 Å². The lowest BCUT2D eigenvalue weighted by Crippen LogP contribution is -2.52. The molecule has 0 spiro atoms. The summed E-state index contributed by atoms with van der Waals surface area (Å²) in [4.78, 5) is 0. The minimum Gasteiger partial charge on any atom is -0.421 e. The van der Waals surface area contributed by atoms with E-state index in [1.807, 2.05) is 28.8 Å². The number of halogens is 2. The summed E-state index contributed by atoms with van der Waals surface area (Å²) >= 11 is 12.9. The highest BCUT2D eigenvalue weighted by Crippen LogP contribution is 2.28. The molecule has 2 rings (SSSR count). The van der Waals surface area contributed by atoms with Gasteiger partial charge >= 0.3 is 5.11 Å². The van der Waals surface area contributed by atoms with Crippen LogP contribution in [0.25, 0.3) is 0 Å². The Balaban J connectivity index is 2.59. The van der Waals surface area contributed by atoms with Gasteiger partial charge in [0, 0.05) is 5.56 Å². The fourth-order valence-electron chi connectivity index (χ4n) is 2.02. The van der Waals surface area contributed by atoms with Gasteiger partial charge < -0.3 is 4.49 Å². The van der Waals surface area contributed by atoms with Crippen molar-refractivity contribution in [3.8, 4) is 0 Å². The molecule has 1 heterocycles. The first-order valence-corrected chi connectivity index (χ1v) is 5.95. The molecule has 4 heteroatoms. The summed E-state index contributed by atoms with van der Waals surface area (Å²) in [5, 5.41) is -1.65. The summed E-state index contributed by atoms with van der Waals surface area (Å²) in [7, 11) is 0. The van der Waals surface area contributed by atoms with Crippen molar-refractivity contribution >= 4 is 39.7 Å². The molecule has 15 heavy (non-hydrogen) atoms. The lowest BCUT2D eigenvalue weighted by atomic mass is 9.76. The second kappa shape index (κ2) is 3.26. The number of rotatable bonds is 0. The van der Waals surface area contributed by atoms with Gasteiger partial charge in [0.15, 0.2) is 0 Å². The Bertz CT molecular complexity index is 432. The van der Waals surface area contributed by atoms with Gasteiger partial charge in [0.2, 0.25) is 0 Å². The van der Waals surface area contributed by atoms with Gasteiger partial charge in [0.1, 0.15) is 11.8 Å². The Hall–Kier alpha value is -0.465. The van der Waals surface area contributed by atoms with Crippen LogP contribution >= 0.6 is 22.9 Å². The molecule has 0 amide bonds. The van der Waals surface area contributed by atoms with Crippen molar-refractivity contribution in [2.24, 2.45) is 0 Å². The van der Waals surface area contributed by atoms with Crippen LogP contribution in [0.4, 0.5) is 0 Å². The summed E-state index contributed by atoms with van der Waals surface area (Å²) in [6.07, 6.45) is 2.05. The minimum atomic E-state index is -1.65. The fraction of sp³-hybridized carbons (Fsp3) is 0.364. The molecule has 1 nitrogen and oxygen atoms in total. The molecule has 0 radical (unpaired) electrons. The standard InChI is InChI=1S/C11H14BCl2N/c1-11(2,3)15-8-9-6-4-5-7-10(9)12(15,13)14/h4-8H,1-3H3. The van der Waals surface area contributed by atoms with E-state index < -0.39 is 5.11 Å². The molecule has 1 aromatic carbocycles. The van der Waals surface area contributed by atoms with Gasteiger partial charge in [-0.3, -0.25) is 22.9 Å². The normalized spacial score (nSPS) is 18.6. The Kier molecular flexibility index (Phi) is 2.40. The first kappa shape index (κ1) is 11.0. The van der Waals surface area contributed by atoms with Gasteiger partial charge in [0.05, 0.1) is 0 Å². The average Bonchev–Trinajstić information content (AvgIpc) is 2.39. The van der Waals surface area contributed by atoms with Gasteiger partial charge in [-0.2, -0.15) is 0 Å². The second-order valence-electron chi connectivity index (χ2n) is 4.96. The topological polar surface area (TPSA) is 3.01 Å². The predicted molar refractivity (Wildman–Crippen MR) is 68.7 cm³/mol. The lowest BCUT2D eigenvalue weighted by Gasteiger charge is -2.31. The largest absolute Gasteiger partial charge is 0.470 e. The highest BCUT2D eigenvalue weighted by molar-refractivity contribution is 7.47. The van der Waals surface area contributed by atoms with E-state index in [1.54, 1.807) is 0 Å². The molecule has 0 atom stereocenters. The zero-order chi connectivity index (χ0) is 11.3. The number of hydrogen-bond acceptors (Lipinski definition) is 0. The van der Waals surface area contributed by atoms with Gasteiger partial charge in [-0.25, -0.2) is 0 Å². The minimum absolute atomic E-state index is 0.0669. The second-order valence-corrected chi connectivity index (χ2v) is 6.45. The quantitative estimate of drug-likeness (QED) is 0.615. The molecule has 0 aliphatic carbocycles. The van der Waals surface area contributed by atoms with Crippen LogP contribution in [-0.2, 0) is 0 Å². The Morgan fingerprint density at radius 3 is 2.27 bits per heavy atom. The van der Waals surface area contributed by atoms with E-state index in [0.29, 0.717) is 0 Å². The first-order valence-electron chi connectivity index (χ1n) is 5.08. The third kappa shape index (κ3) is 1.70. The molecule has 0 unspecified atom stereocenters. The van der Waals surface area contributed by atoms with Crippen molar-refractivity contribution in [2.75, 3.05) is 0 Å². The van der Waals surface area contributed by atoms with Crippen LogP contribution in [-0.4, -0.2) is 21.4 Å². The highest BCUT2D eigenvalue weighted by atomic mass is 35.5. The molecule has 0 N–H and O–H groups in total. The summed E-state index contributed by atoms with van der Waals surface area (Å²) < 4.78 is 2.04. The third-order valence-corrected chi connectivity index (χ3v) is 3.66. The van der Waals surface area contributed by atoms with Crippen molar-refractivity contribution in [1.82, 2.24) is 0 Å². The summed E-state index contributed by atoms with van der Waals surface area (Å²) in [6.45, 7) is 6.32. The van der Waals surface area contributed by atoms with Crippen LogP contribution in [0.3, 0.4) is 0 Å². The molecule has 1 aliphatic rings. The smallest absolute Gasteiger partial charge is 0.421 e. The predicted octanol–water partition coefficient (Wildman–Crippen LogP) is 2.55. The number of nitrogens with zero attached hydrogens (tertiary/aromatic N) is 1. The number of benzene rings is 1. The van der Waals surface area contributed by atoms with Crippen molar-refractivity contribution in [1.29, 1.82) is 0 Å². The van der Waals surface area contributed by atoms with Crippen molar-refractivity contribution in [3.05, 3.63) is 29.8 Å². The molecule has 0 saturated carbocycles. The average molecular weight is 242 g/mol. The van der Waals surface area contributed by atoms with Crippen molar-refractivity contribution in [3.63, 3.8) is 0 Å². The zero-order valence-electron chi connectivity index (χ0n) is 9.17. The SMILES string of the molecule is CC(C)(C)[N+]1=Cc2ccccc2[B-]1(Cl)Cl. The maximum atomic E-state index is 6.47. The van der Waals surface area contributed by atoms with E-state index in [4.69, 9.17) is 22.9 Å². The molecule has 0 fully saturated rings. The molecule has 1 aromatic rings. The van der Waals surface area contributed by atoms with E-state index >= 15 is 0 Å². The molecule has 0 bridgehead atoms. The van der Waals surface area contributed by atoms with Gasteiger partial charge in [0.25, 0.3) is 0 Å². The third-order valence-electron chi connectivity index (χ3n) is 2.77. The van der Waals surface area contributed by atoms with E-state index in [1.165, 1.54) is 0 Å². The van der Waals surface area contributed by atoms with Gasteiger partial charge in [-0.1, -0.05) is 29.7 Å². The summed E-state index contributed by atoms with van der Waals surface area (Å²) in [6, 6.07) is 8.02. The summed E-state index contributed by atoms with van der Waals surface area (Å²) in [5.41, 5.74) is 2.08. The first-order chi connectivity index (χ1) is 6.83. The van der Waals surface area contributed by atoms with Crippen molar-refractivity contribution in [2.45, 2.75) is 26.3 Å². The van der Waals surface area contributed by atoms with Crippen LogP contribution < -0.4 is 5.46 Å².